The van der Waals surface area contributed by atoms with Crippen LogP contribution in [-0.4, -0.2) is 16.8 Å². The molecule has 0 aliphatic carbocycles. The highest BCUT2D eigenvalue weighted by molar-refractivity contribution is 7.92. The van der Waals surface area contributed by atoms with E-state index in [9.17, 15) is 63.1 Å². The zero-order chi connectivity index (χ0) is 45.5. The molecule has 0 spiro atoms. The van der Waals surface area contributed by atoms with E-state index in [1.54, 1.807) is 72.8 Å². The Bertz CT molecular complexity index is 3540. The van der Waals surface area contributed by atoms with Crippen LogP contribution in [0.1, 0.15) is 44.5 Å². The molecule has 5 aromatic carbocycles. The van der Waals surface area contributed by atoms with E-state index in [-0.39, 0.29) is 22.3 Å². The minimum atomic E-state index is -5.44. The predicted octanol–water partition coefficient (Wildman–Crippen LogP) is 4.06. The second-order valence-corrected chi connectivity index (χ2v) is 16.0. The summed E-state index contributed by atoms with van der Waals surface area (Å²) in [6.07, 6.45) is 0. The van der Waals surface area contributed by atoms with E-state index >= 15 is 16.8 Å². The fourth-order valence-electron chi connectivity index (χ4n) is 6.32. The molecule has 5 aromatic rings. The van der Waals surface area contributed by atoms with Crippen molar-refractivity contribution in [3.63, 3.8) is 0 Å². The van der Waals surface area contributed by atoms with E-state index in [1.807, 2.05) is 0 Å². The van der Waals surface area contributed by atoms with Crippen molar-refractivity contribution in [2.24, 2.45) is 0 Å². The van der Waals surface area contributed by atoms with Crippen LogP contribution in [0, 0.1) is 136 Å². The van der Waals surface area contributed by atoms with E-state index in [0.29, 0.717) is 0 Å². The molecule has 0 amide bonds. The van der Waals surface area contributed by atoms with Crippen molar-refractivity contribution in [1.29, 1.82) is 63.1 Å². The number of nitrogens with zero attached hydrogens (tertiary/aromatic N) is 12. The molecular formula is C44H12N12O4S2. The largest absolute Gasteiger partial charge is 0.218 e. The summed E-state index contributed by atoms with van der Waals surface area (Å²) in [6, 6.07) is 31.2. The molecule has 16 nitrogen and oxygen atoms in total. The number of rotatable bonds is 6. The van der Waals surface area contributed by atoms with Gasteiger partial charge in [0.05, 0.1) is 64.1 Å². The average molecular weight is 837 g/mol. The lowest BCUT2D eigenvalue weighted by atomic mass is 9.90. The first-order chi connectivity index (χ1) is 29.7. The summed E-state index contributed by atoms with van der Waals surface area (Å²) in [4.78, 5) is -3.92. The first-order valence-corrected chi connectivity index (χ1v) is 19.6. The zero-order valence-electron chi connectivity index (χ0n) is 30.7. The highest BCUT2D eigenvalue weighted by Crippen LogP contribution is 2.38. The van der Waals surface area contributed by atoms with Crippen LogP contribution in [0.4, 0.5) is 0 Å². The smallest absolute Gasteiger partial charge is 0.207 e. The molecule has 0 saturated carbocycles. The molecule has 5 rings (SSSR count). The third-order valence-electron chi connectivity index (χ3n) is 9.08. The molecular weight excluding hydrogens is 825 g/mol. The molecule has 0 aliphatic rings. The van der Waals surface area contributed by atoms with E-state index in [1.165, 1.54) is 0 Å². The molecule has 0 fully saturated rings. The van der Waals surface area contributed by atoms with Crippen LogP contribution in [0.5, 0.6) is 0 Å². The van der Waals surface area contributed by atoms with Crippen LogP contribution >= 0.6 is 0 Å². The minimum Gasteiger partial charge on any atom is -0.218 e. The van der Waals surface area contributed by atoms with E-state index in [0.717, 1.165) is 72.8 Å². The molecule has 0 atom stereocenters. The second-order valence-electron chi connectivity index (χ2n) is 12.2. The minimum absolute atomic E-state index is 0.271. The SMILES string of the molecule is N#CC(C#N)=c1c(-c2ccc(C#N)c(C#N)c2)c(S(=O)(=O)c2ccc(C#N)c(C#N)c2)c(=C(C#N)C#N)c(-c2ccc(C#N)c(C#N)c2)c1S(=O)(=O)c1ccc(C#N)c(C#N)c1. The van der Waals surface area contributed by atoms with Crippen LogP contribution < -0.4 is 10.4 Å². The first kappa shape index (κ1) is 42.8. The topological polar surface area (TPSA) is 354 Å². The quantitative estimate of drug-likeness (QED) is 0.233. The van der Waals surface area contributed by atoms with Crippen molar-refractivity contribution in [3.05, 3.63) is 128 Å². The Morgan fingerprint density at radius 2 is 0.597 bits per heavy atom. The lowest BCUT2D eigenvalue weighted by Crippen LogP contribution is -2.33. The molecule has 62 heavy (non-hydrogen) atoms. The summed E-state index contributed by atoms with van der Waals surface area (Å²) in [7, 11) is -10.9. The van der Waals surface area contributed by atoms with Crippen molar-refractivity contribution in [2.45, 2.75) is 19.6 Å². The molecule has 0 N–H and O–H groups in total. The number of nitriles is 12. The molecule has 0 aromatic heterocycles. The first-order valence-electron chi connectivity index (χ1n) is 16.6. The monoisotopic (exact) mass is 836 g/mol. The van der Waals surface area contributed by atoms with Crippen LogP contribution in [0.25, 0.3) is 33.4 Å². The summed E-state index contributed by atoms with van der Waals surface area (Å²) < 4.78 is 61.8. The molecule has 0 saturated heterocycles. The van der Waals surface area contributed by atoms with Gasteiger partial charge in [-0.1, -0.05) is 12.1 Å². The summed E-state index contributed by atoms with van der Waals surface area (Å²) in [5.41, 5.74) is -7.91. The highest BCUT2D eigenvalue weighted by atomic mass is 32.2. The lowest BCUT2D eigenvalue weighted by Gasteiger charge is -2.22. The Morgan fingerprint density at radius 1 is 0.339 bits per heavy atom. The van der Waals surface area contributed by atoms with Crippen LogP contribution in [-0.2, 0) is 19.7 Å². The maximum absolute atomic E-state index is 15.4. The van der Waals surface area contributed by atoms with Crippen molar-refractivity contribution in [3.8, 4) is 95.1 Å². The van der Waals surface area contributed by atoms with Crippen LogP contribution in [0.2, 0.25) is 0 Å². The van der Waals surface area contributed by atoms with Gasteiger partial charge in [0.15, 0.2) is 0 Å². The molecule has 0 aliphatic heterocycles. The Balaban J connectivity index is 2.42. The van der Waals surface area contributed by atoms with Crippen molar-refractivity contribution < 1.29 is 16.8 Å². The van der Waals surface area contributed by atoms with Crippen LogP contribution in [0.3, 0.4) is 0 Å². The summed E-state index contributed by atoms with van der Waals surface area (Å²) >= 11 is 0. The van der Waals surface area contributed by atoms with Gasteiger partial charge in [-0.15, -0.1) is 0 Å². The fourth-order valence-corrected chi connectivity index (χ4v) is 9.75. The normalized spacial score (nSPS) is 10.0. The van der Waals surface area contributed by atoms with Gasteiger partial charge in [-0.05, 0) is 71.8 Å². The standard InChI is InChI=1S/C44H12N12O4S2/c45-13-27-3-1-25(9-31(27)17-49)39-41(35(21-53)22-54)44(62(59,60)38-8-6-30(16-48)34(12-38)20-52)40(26-2-4-28(14-46)32(10-26)18-50)42(36(23-55)24-56)43(39)61(57,58)37-7-5-29(15-47)33(11-37)19-51/h1-12H. The van der Waals surface area contributed by atoms with E-state index < -0.39 is 105 Å². The van der Waals surface area contributed by atoms with Gasteiger partial charge >= 0.3 is 0 Å². The van der Waals surface area contributed by atoms with Gasteiger partial charge in [0.1, 0.15) is 84.0 Å². The van der Waals surface area contributed by atoms with Gasteiger partial charge in [0.25, 0.3) is 0 Å². The van der Waals surface area contributed by atoms with Gasteiger partial charge < -0.3 is 0 Å². The predicted molar refractivity (Wildman–Crippen MR) is 207 cm³/mol. The average Bonchev–Trinajstić information content (AvgIpc) is 3.30. The molecule has 284 valence electrons. The summed E-state index contributed by atoms with van der Waals surface area (Å²) in [5.74, 6) is 0. The van der Waals surface area contributed by atoms with Gasteiger partial charge in [-0.25, -0.2) is 16.8 Å². The van der Waals surface area contributed by atoms with Gasteiger partial charge in [-0.3, -0.25) is 0 Å². The van der Waals surface area contributed by atoms with Gasteiger partial charge in [0, 0.05) is 21.6 Å². The highest BCUT2D eigenvalue weighted by Gasteiger charge is 2.37. The number of hydrogen-bond donors (Lipinski definition) is 0. The van der Waals surface area contributed by atoms with Crippen molar-refractivity contribution >= 4 is 30.8 Å². The third kappa shape index (κ3) is 6.98. The molecule has 0 unspecified atom stereocenters. The third-order valence-corrected chi connectivity index (χ3v) is 12.7. The number of benzene rings is 5. The fraction of sp³-hybridized carbons (Fsp3) is 0. The van der Waals surface area contributed by atoms with E-state index in [2.05, 4.69) is 0 Å². The van der Waals surface area contributed by atoms with Crippen molar-refractivity contribution in [2.75, 3.05) is 0 Å². The van der Waals surface area contributed by atoms with Gasteiger partial charge in [0.2, 0.25) is 19.7 Å². The second kappa shape index (κ2) is 17.0. The molecule has 0 bridgehead atoms. The van der Waals surface area contributed by atoms with Crippen molar-refractivity contribution in [1.82, 2.24) is 0 Å². The van der Waals surface area contributed by atoms with Gasteiger partial charge in [-0.2, -0.15) is 63.1 Å². The zero-order valence-corrected chi connectivity index (χ0v) is 32.4. The Morgan fingerprint density at radius 3 is 0.855 bits per heavy atom. The summed E-state index contributed by atoms with van der Waals surface area (Å²) in [5, 5.41) is 119. The van der Waals surface area contributed by atoms with E-state index in [4.69, 9.17) is 0 Å². The number of sulfone groups is 2. The Kier molecular flexibility index (Phi) is 11.7. The van der Waals surface area contributed by atoms with Crippen LogP contribution in [0.15, 0.2) is 92.4 Å². The molecule has 0 radical (unpaired) electrons. The Hall–Kier alpha value is -10.4. The maximum atomic E-state index is 15.4. The Labute approximate surface area is 351 Å². The molecule has 0 heterocycles. The molecule has 18 heteroatoms. The summed E-state index contributed by atoms with van der Waals surface area (Å²) in [6.45, 7) is 0. The lowest BCUT2D eigenvalue weighted by molar-refractivity contribution is 0.591. The maximum Gasteiger partial charge on any atom is 0.207 e. The number of hydrogen-bond acceptors (Lipinski definition) is 16.